The van der Waals surface area contributed by atoms with Gasteiger partial charge in [-0.3, -0.25) is 4.79 Å². The molecule has 0 spiro atoms. The normalized spacial score (nSPS) is 6.45. The molecule has 0 atom stereocenters. The minimum atomic E-state index is 0.181. The molecule has 0 bridgehead atoms. The van der Waals surface area contributed by atoms with Gasteiger partial charge in [-0.2, -0.15) is 0 Å². The van der Waals surface area contributed by atoms with E-state index in [1.807, 2.05) is 34.6 Å². The predicted octanol–water partition coefficient (Wildman–Crippen LogP) is 2.54. The molecule has 70 valence electrons. The van der Waals surface area contributed by atoms with Crippen LogP contribution in [0.15, 0.2) is 0 Å². The molecule has 0 radical (unpaired) electrons. The molecule has 0 fully saturated rings. The fourth-order valence-electron chi connectivity index (χ4n) is 0.316. The topological polar surface area (TPSA) is 20.3 Å². The number of nitrogens with zero attached hydrogens (tertiary/aromatic N) is 1. The quantitative estimate of drug-likeness (QED) is 0.578. The second-order valence-corrected chi connectivity index (χ2v) is 1.64. The van der Waals surface area contributed by atoms with Crippen molar-refractivity contribution < 1.29 is 4.79 Å². The Labute approximate surface area is 71.6 Å². The van der Waals surface area contributed by atoms with Gasteiger partial charge >= 0.3 is 0 Å². The average molecular weight is 161 g/mol. The van der Waals surface area contributed by atoms with Crippen LogP contribution in [0.3, 0.4) is 0 Å². The molecule has 0 aliphatic carbocycles. The maximum absolute atomic E-state index is 10.4. The largest absolute Gasteiger partial charge is 0.349 e. The van der Waals surface area contributed by atoms with E-state index in [0.717, 1.165) is 0 Å². The molecule has 0 heterocycles. The summed E-state index contributed by atoms with van der Waals surface area (Å²) in [5.74, 6) is 0.181. The van der Waals surface area contributed by atoms with Crippen molar-refractivity contribution in [1.29, 1.82) is 0 Å². The maximum Gasteiger partial charge on any atom is 0.221 e. The van der Waals surface area contributed by atoms with Crippen LogP contribution in [0.2, 0.25) is 0 Å². The lowest BCUT2D eigenvalue weighted by molar-refractivity contribution is -0.128. The van der Waals surface area contributed by atoms with Crippen molar-refractivity contribution in [2.45, 2.75) is 41.0 Å². The van der Waals surface area contributed by atoms with Gasteiger partial charge in [-0.15, -0.1) is 0 Å². The Hall–Kier alpha value is -0.530. The molecule has 1 amide bonds. The van der Waals surface area contributed by atoms with E-state index >= 15 is 0 Å². The third-order valence-corrected chi connectivity index (χ3v) is 0.801. The van der Waals surface area contributed by atoms with Crippen LogP contribution in [-0.2, 0) is 4.79 Å². The summed E-state index contributed by atoms with van der Waals surface area (Å²) in [4.78, 5) is 12.0. The molecule has 0 aliphatic heterocycles. The summed E-state index contributed by atoms with van der Waals surface area (Å²) in [6, 6.07) is 0. The highest BCUT2D eigenvalue weighted by Gasteiger charge is 1.95. The predicted molar refractivity (Wildman–Crippen MR) is 51.7 cm³/mol. The molecule has 0 saturated carbocycles. The van der Waals surface area contributed by atoms with Crippen molar-refractivity contribution >= 4 is 5.91 Å². The summed E-state index contributed by atoms with van der Waals surface area (Å²) >= 11 is 0. The van der Waals surface area contributed by atoms with Crippen LogP contribution in [0.4, 0.5) is 0 Å². The van der Waals surface area contributed by atoms with Crippen LogP contribution < -0.4 is 0 Å². The summed E-state index contributed by atoms with van der Waals surface area (Å²) in [5, 5.41) is 0. The zero-order chi connectivity index (χ0) is 9.86. The van der Waals surface area contributed by atoms with E-state index in [0.29, 0.717) is 6.42 Å². The van der Waals surface area contributed by atoms with E-state index in [2.05, 4.69) is 0 Å². The molecule has 2 nitrogen and oxygen atoms in total. The number of carbonyl (C=O) groups is 1. The molecule has 2 heteroatoms. The fraction of sp³-hybridized carbons (Fsp3) is 0.889. The smallest absolute Gasteiger partial charge is 0.221 e. The number of carbonyl (C=O) groups excluding carboxylic acids is 1. The summed E-state index contributed by atoms with van der Waals surface area (Å²) < 4.78 is 0. The van der Waals surface area contributed by atoms with Gasteiger partial charge in [0.1, 0.15) is 0 Å². The van der Waals surface area contributed by atoms with Gasteiger partial charge in [-0.1, -0.05) is 34.6 Å². The summed E-state index contributed by atoms with van der Waals surface area (Å²) in [6.45, 7) is 9.85. The fourth-order valence-corrected chi connectivity index (χ4v) is 0.316. The van der Waals surface area contributed by atoms with E-state index in [4.69, 9.17) is 0 Å². The Morgan fingerprint density at radius 2 is 1.36 bits per heavy atom. The van der Waals surface area contributed by atoms with Gasteiger partial charge in [-0.05, 0) is 0 Å². The van der Waals surface area contributed by atoms with Crippen LogP contribution in [0, 0.1) is 0 Å². The van der Waals surface area contributed by atoms with Crippen molar-refractivity contribution in [3.63, 3.8) is 0 Å². The lowest BCUT2D eigenvalue weighted by Crippen LogP contribution is -2.19. The molecule has 0 N–H and O–H groups in total. The first-order valence-electron chi connectivity index (χ1n) is 4.38. The van der Waals surface area contributed by atoms with E-state index in [1.165, 1.54) is 0 Å². The van der Waals surface area contributed by atoms with Crippen LogP contribution in [-0.4, -0.2) is 24.9 Å². The molecule has 11 heavy (non-hydrogen) atoms. The van der Waals surface area contributed by atoms with Gasteiger partial charge in [0.05, 0.1) is 0 Å². The molecule has 0 aromatic heterocycles. The molecule has 0 saturated heterocycles. The van der Waals surface area contributed by atoms with Gasteiger partial charge in [-0.25, -0.2) is 0 Å². The van der Waals surface area contributed by atoms with Gasteiger partial charge in [0.15, 0.2) is 0 Å². The molecule has 0 aliphatic rings. The second kappa shape index (κ2) is 16.2. The number of hydrogen-bond acceptors (Lipinski definition) is 1. The van der Waals surface area contributed by atoms with E-state index in [-0.39, 0.29) is 5.91 Å². The van der Waals surface area contributed by atoms with Gasteiger partial charge in [0.2, 0.25) is 5.91 Å². The van der Waals surface area contributed by atoms with Gasteiger partial charge in [0.25, 0.3) is 0 Å². The zero-order valence-electron chi connectivity index (χ0n) is 9.06. The maximum atomic E-state index is 10.4. The minimum Gasteiger partial charge on any atom is -0.349 e. The highest BCUT2D eigenvalue weighted by molar-refractivity contribution is 5.75. The molecule has 0 aromatic rings. The van der Waals surface area contributed by atoms with E-state index < -0.39 is 0 Å². The van der Waals surface area contributed by atoms with Crippen molar-refractivity contribution in [3.05, 3.63) is 0 Å². The van der Waals surface area contributed by atoms with Gasteiger partial charge in [0, 0.05) is 20.5 Å². The van der Waals surface area contributed by atoms with E-state index in [9.17, 15) is 4.79 Å². The standard InChI is InChI=1S/C5H11NO.2C2H6/c1-4-5(7)6(2)3;2*1-2/h4H2,1-3H3;2*1-2H3. The first-order chi connectivity index (χ1) is 5.18. The average Bonchev–Trinajstić information content (AvgIpc) is 2.10. The SMILES string of the molecule is CC.CC.CCC(=O)N(C)C. The van der Waals surface area contributed by atoms with Crippen LogP contribution in [0.5, 0.6) is 0 Å². The monoisotopic (exact) mass is 161 g/mol. The molecule has 0 aromatic carbocycles. The first-order valence-corrected chi connectivity index (χ1v) is 4.38. The Kier molecular flexibility index (Phi) is 24.8. The van der Waals surface area contributed by atoms with Gasteiger partial charge < -0.3 is 4.90 Å². The molecular weight excluding hydrogens is 138 g/mol. The Morgan fingerprint density at radius 1 is 1.09 bits per heavy atom. The zero-order valence-corrected chi connectivity index (χ0v) is 9.06. The highest BCUT2D eigenvalue weighted by atomic mass is 16.2. The Morgan fingerprint density at radius 3 is 1.36 bits per heavy atom. The van der Waals surface area contributed by atoms with Crippen LogP contribution in [0.25, 0.3) is 0 Å². The number of rotatable bonds is 1. The van der Waals surface area contributed by atoms with Crippen molar-refractivity contribution in [1.82, 2.24) is 4.90 Å². The molecular formula is C9H23NO. The molecule has 0 rings (SSSR count). The Bertz CT molecular complexity index is 70.0. The third-order valence-electron chi connectivity index (χ3n) is 0.801. The lowest BCUT2D eigenvalue weighted by Gasteiger charge is -2.05. The Balaban J connectivity index is -0.000000138. The summed E-state index contributed by atoms with van der Waals surface area (Å²) in [7, 11) is 3.51. The number of hydrogen-bond donors (Lipinski definition) is 0. The van der Waals surface area contributed by atoms with E-state index in [1.54, 1.807) is 19.0 Å². The van der Waals surface area contributed by atoms with Crippen molar-refractivity contribution in [2.24, 2.45) is 0 Å². The summed E-state index contributed by atoms with van der Waals surface area (Å²) in [6.07, 6.45) is 0.604. The third kappa shape index (κ3) is 17.7. The first kappa shape index (κ1) is 16.8. The van der Waals surface area contributed by atoms with Crippen LogP contribution in [0.1, 0.15) is 41.0 Å². The minimum absolute atomic E-state index is 0.181. The van der Waals surface area contributed by atoms with Crippen molar-refractivity contribution in [3.8, 4) is 0 Å². The van der Waals surface area contributed by atoms with Crippen LogP contribution >= 0.6 is 0 Å². The van der Waals surface area contributed by atoms with Crippen molar-refractivity contribution in [2.75, 3.05) is 14.1 Å². The molecule has 0 unspecified atom stereocenters. The second-order valence-electron chi connectivity index (χ2n) is 1.64. The summed E-state index contributed by atoms with van der Waals surface area (Å²) in [5.41, 5.74) is 0. The highest BCUT2D eigenvalue weighted by Crippen LogP contribution is 1.81. The lowest BCUT2D eigenvalue weighted by atomic mass is 10.4. The number of amides is 1.